The Bertz CT molecular complexity index is 682. The van der Waals surface area contributed by atoms with E-state index in [-0.39, 0.29) is 18.1 Å². The Labute approximate surface area is 147 Å². The molecule has 0 amide bonds. The Hall–Kier alpha value is -2.46. The average molecular weight is 337 g/mol. The van der Waals surface area contributed by atoms with E-state index in [0.717, 1.165) is 11.1 Å². The summed E-state index contributed by atoms with van der Waals surface area (Å²) in [4.78, 5) is 25.0. The van der Waals surface area contributed by atoms with Gasteiger partial charge in [-0.2, -0.15) is 0 Å². The van der Waals surface area contributed by atoms with Crippen LogP contribution in [0.15, 0.2) is 60.7 Å². The molecule has 2 aromatic rings. The Morgan fingerprint density at radius 3 is 1.84 bits per heavy atom. The molecule has 2 aromatic carbocycles. The number of hydrogen-bond acceptors (Lipinski definition) is 3. The zero-order valence-electron chi connectivity index (χ0n) is 14.2. The highest BCUT2D eigenvalue weighted by molar-refractivity contribution is 6.03. The van der Waals surface area contributed by atoms with Crippen molar-refractivity contribution >= 4 is 11.8 Å². The molecular weight excluding hydrogens is 314 g/mol. The third-order valence-electron chi connectivity index (χ3n) is 5.19. The van der Waals surface area contributed by atoms with E-state index in [0.29, 0.717) is 25.9 Å². The standard InChI is InChI=1S/C21H23NO3/c23-19(21(20(24)25)11-13-22-14-12-21)15-18(16-7-3-1-4-8-16)17-9-5-2-6-10-17/h1-10,18,22H,11-15H2,(H,24,25). The first kappa shape index (κ1) is 17.4. The highest BCUT2D eigenvalue weighted by Gasteiger charge is 2.46. The van der Waals surface area contributed by atoms with Gasteiger partial charge in [0, 0.05) is 12.3 Å². The van der Waals surface area contributed by atoms with Crippen LogP contribution in [-0.4, -0.2) is 29.9 Å². The van der Waals surface area contributed by atoms with Crippen molar-refractivity contribution in [2.75, 3.05) is 13.1 Å². The summed E-state index contributed by atoms with van der Waals surface area (Å²) < 4.78 is 0. The second-order valence-corrected chi connectivity index (χ2v) is 6.64. The van der Waals surface area contributed by atoms with E-state index in [9.17, 15) is 14.7 Å². The van der Waals surface area contributed by atoms with Crippen molar-refractivity contribution in [2.24, 2.45) is 5.41 Å². The van der Waals surface area contributed by atoms with Crippen LogP contribution in [0.4, 0.5) is 0 Å². The third-order valence-corrected chi connectivity index (χ3v) is 5.19. The summed E-state index contributed by atoms with van der Waals surface area (Å²) in [5.74, 6) is -1.28. The lowest BCUT2D eigenvalue weighted by atomic mass is 9.71. The van der Waals surface area contributed by atoms with Gasteiger partial charge < -0.3 is 10.4 Å². The quantitative estimate of drug-likeness (QED) is 0.794. The molecule has 0 radical (unpaired) electrons. The third kappa shape index (κ3) is 3.64. The van der Waals surface area contributed by atoms with Crippen molar-refractivity contribution < 1.29 is 14.7 Å². The van der Waals surface area contributed by atoms with Crippen LogP contribution >= 0.6 is 0 Å². The van der Waals surface area contributed by atoms with Gasteiger partial charge >= 0.3 is 5.97 Å². The summed E-state index contributed by atoms with van der Waals surface area (Å²) in [6.45, 7) is 1.14. The SMILES string of the molecule is O=C(O)C1(C(=O)CC(c2ccccc2)c2ccccc2)CCNCC1. The van der Waals surface area contributed by atoms with E-state index in [1.165, 1.54) is 0 Å². The van der Waals surface area contributed by atoms with Gasteiger partial charge in [0.2, 0.25) is 0 Å². The van der Waals surface area contributed by atoms with Gasteiger partial charge in [0.25, 0.3) is 0 Å². The Balaban J connectivity index is 1.92. The lowest BCUT2D eigenvalue weighted by Gasteiger charge is -2.33. The lowest BCUT2D eigenvalue weighted by Crippen LogP contribution is -2.48. The van der Waals surface area contributed by atoms with Crippen molar-refractivity contribution in [1.29, 1.82) is 0 Å². The summed E-state index contributed by atoms with van der Waals surface area (Å²) in [7, 11) is 0. The van der Waals surface area contributed by atoms with Gasteiger partial charge in [0.1, 0.15) is 5.41 Å². The van der Waals surface area contributed by atoms with Gasteiger partial charge in [-0.05, 0) is 37.1 Å². The average Bonchev–Trinajstić information content (AvgIpc) is 2.67. The molecule has 1 aliphatic rings. The van der Waals surface area contributed by atoms with Gasteiger partial charge in [0.05, 0.1) is 0 Å². The Morgan fingerprint density at radius 1 is 0.920 bits per heavy atom. The van der Waals surface area contributed by atoms with E-state index in [1.807, 2.05) is 60.7 Å². The number of carbonyl (C=O) groups is 2. The van der Waals surface area contributed by atoms with Crippen LogP contribution in [0.1, 0.15) is 36.3 Å². The normalized spacial score (nSPS) is 16.5. The maximum atomic E-state index is 13.1. The fraction of sp³-hybridized carbons (Fsp3) is 0.333. The number of carboxylic acids is 1. The zero-order chi connectivity index (χ0) is 17.7. The fourth-order valence-corrected chi connectivity index (χ4v) is 3.65. The van der Waals surface area contributed by atoms with Gasteiger partial charge in [-0.3, -0.25) is 9.59 Å². The molecule has 0 aromatic heterocycles. The van der Waals surface area contributed by atoms with Crippen molar-refractivity contribution in [1.82, 2.24) is 5.32 Å². The molecule has 0 unspecified atom stereocenters. The molecule has 1 aliphatic heterocycles. The minimum Gasteiger partial charge on any atom is -0.480 e. The summed E-state index contributed by atoms with van der Waals surface area (Å²) in [5.41, 5.74) is 0.820. The first-order valence-electron chi connectivity index (χ1n) is 8.71. The second-order valence-electron chi connectivity index (χ2n) is 6.64. The number of ketones is 1. The molecule has 1 saturated heterocycles. The van der Waals surface area contributed by atoms with E-state index in [2.05, 4.69) is 5.32 Å². The number of benzene rings is 2. The van der Waals surface area contributed by atoms with Crippen molar-refractivity contribution in [2.45, 2.75) is 25.2 Å². The largest absolute Gasteiger partial charge is 0.480 e. The molecule has 0 saturated carbocycles. The van der Waals surface area contributed by atoms with Crippen LogP contribution in [0, 0.1) is 5.41 Å². The number of Topliss-reactive ketones (excluding diaryl/α,β-unsaturated/α-hetero) is 1. The molecule has 0 atom stereocenters. The van der Waals surface area contributed by atoms with Crippen LogP contribution in [0.3, 0.4) is 0 Å². The predicted molar refractivity (Wildman–Crippen MR) is 96.5 cm³/mol. The van der Waals surface area contributed by atoms with Crippen molar-refractivity contribution in [3.63, 3.8) is 0 Å². The molecular formula is C21H23NO3. The molecule has 0 spiro atoms. The summed E-state index contributed by atoms with van der Waals surface area (Å²) in [5, 5.41) is 12.9. The number of carboxylic acid groups (broad SMARTS) is 1. The molecule has 3 rings (SSSR count). The fourth-order valence-electron chi connectivity index (χ4n) is 3.65. The van der Waals surface area contributed by atoms with Gasteiger partial charge in [-0.15, -0.1) is 0 Å². The number of nitrogens with one attached hydrogen (secondary N) is 1. The molecule has 25 heavy (non-hydrogen) atoms. The Kier molecular flexibility index (Phi) is 5.29. The van der Waals surface area contributed by atoms with E-state index < -0.39 is 11.4 Å². The number of hydrogen-bond donors (Lipinski definition) is 2. The molecule has 1 fully saturated rings. The molecule has 0 aliphatic carbocycles. The maximum Gasteiger partial charge on any atom is 0.317 e. The molecule has 1 heterocycles. The van der Waals surface area contributed by atoms with Crippen LogP contribution < -0.4 is 5.32 Å². The van der Waals surface area contributed by atoms with Crippen LogP contribution in [-0.2, 0) is 9.59 Å². The van der Waals surface area contributed by atoms with E-state index in [4.69, 9.17) is 0 Å². The molecule has 0 bridgehead atoms. The number of rotatable bonds is 6. The van der Waals surface area contributed by atoms with Gasteiger partial charge in [-0.1, -0.05) is 60.7 Å². The van der Waals surface area contributed by atoms with E-state index >= 15 is 0 Å². The predicted octanol–water partition coefficient (Wildman–Crippen LogP) is 3.23. The minimum absolute atomic E-state index is 0.124. The zero-order valence-corrected chi connectivity index (χ0v) is 14.2. The van der Waals surface area contributed by atoms with Crippen molar-refractivity contribution in [3.05, 3.63) is 71.8 Å². The second kappa shape index (κ2) is 7.62. The monoisotopic (exact) mass is 337 g/mol. The first-order valence-corrected chi connectivity index (χ1v) is 8.71. The highest BCUT2D eigenvalue weighted by atomic mass is 16.4. The van der Waals surface area contributed by atoms with Crippen LogP contribution in [0.5, 0.6) is 0 Å². The van der Waals surface area contributed by atoms with Crippen LogP contribution in [0.25, 0.3) is 0 Å². The smallest absolute Gasteiger partial charge is 0.317 e. The summed E-state index contributed by atoms with van der Waals surface area (Å²) in [6, 6.07) is 19.7. The molecule has 130 valence electrons. The molecule has 4 nitrogen and oxygen atoms in total. The molecule has 4 heteroatoms. The summed E-state index contributed by atoms with van der Waals surface area (Å²) >= 11 is 0. The maximum absolute atomic E-state index is 13.1. The Morgan fingerprint density at radius 2 is 1.40 bits per heavy atom. The molecule has 2 N–H and O–H groups in total. The highest BCUT2D eigenvalue weighted by Crippen LogP contribution is 2.37. The van der Waals surface area contributed by atoms with Gasteiger partial charge in [0.15, 0.2) is 5.78 Å². The lowest BCUT2D eigenvalue weighted by molar-refractivity contribution is -0.157. The van der Waals surface area contributed by atoms with Crippen molar-refractivity contribution in [3.8, 4) is 0 Å². The van der Waals surface area contributed by atoms with Gasteiger partial charge in [-0.25, -0.2) is 0 Å². The summed E-state index contributed by atoms with van der Waals surface area (Å²) in [6.07, 6.45) is 0.926. The van der Waals surface area contributed by atoms with E-state index in [1.54, 1.807) is 0 Å². The first-order chi connectivity index (χ1) is 12.1. The number of aliphatic carboxylic acids is 1. The van der Waals surface area contributed by atoms with Crippen LogP contribution in [0.2, 0.25) is 0 Å². The minimum atomic E-state index is -1.26. The topological polar surface area (TPSA) is 66.4 Å². The number of carbonyl (C=O) groups excluding carboxylic acids is 1. The number of piperidine rings is 1.